The third-order valence-corrected chi connectivity index (χ3v) is 7.80. The number of hydrogen-bond acceptors (Lipinski definition) is 6. The van der Waals surface area contributed by atoms with E-state index >= 15 is 0 Å². The number of fused-ring (bicyclic) bond motifs is 1. The molecule has 1 atom stereocenters. The van der Waals surface area contributed by atoms with Gasteiger partial charge in [-0.15, -0.1) is 11.3 Å². The van der Waals surface area contributed by atoms with E-state index in [0.717, 1.165) is 29.2 Å². The van der Waals surface area contributed by atoms with Crippen molar-refractivity contribution >= 4 is 39.8 Å². The van der Waals surface area contributed by atoms with Crippen molar-refractivity contribution in [3.05, 3.63) is 82.2 Å². The van der Waals surface area contributed by atoms with E-state index in [0.29, 0.717) is 30.1 Å². The highest BCUT2D eigenvalue weighted by Gasteiger charge is 2.37. The van der Waals surface area contributed by atoms with Crippen LogP contribution in [0, 0.1) is 5.92 Å². The van der Waals surface area contributed by atoms with Crippen LogP contribution in [0.4, 0.5) is 10.7 Å². The van der Waals surface area contributed by atoms with Crippen molar-refractivity contribution < 1.29 is 19.1 Å². The fourth-order valence-corrected chi connectivity index (χ4v) is 6.18. The van der Waals surface area contributed by atoms with Crippen LogP contribution in [-0.4, -0.2) is 42.4 Å². The van der Waals surface area contributed by atoms with Crippen LogP contribution in [0.25, 0.3) is 0 Å². The lowest BCUT2D eigenvalue weighted by Crippen LogP contribution is -2.30. The fourth-order valence-electron chi connectivity index (χ4n) is 4.89. The normalized spacial score (nSPS) is 17.6. The Hall–Kier alpha value is -3.49. The van der Waals surface area contributed by atoms with Gasteiger partial charge in [0.2, 0.25) is 11.8 Å². The summed E-state index contributed by atoms with van der Waals surface area (Å²) in [5, 5.41) is 3.51. The lowest BCUT2D eigenvalue weighted by molar-refractivity contribution is -0.122. The molecule has 0 aliphatic carbocycles. The molecule has 1 saturated heterocycles. The van der Waals surface area contributed by atoms with E-state index in [4.69, 9.17) is 4.74 Å². The third kappa shape index (κ3) is 5.05. The number of rotatable bonds is 7. The first-order valence-corrected chi connectivity index (χ1v) is 13.1. The molecular formula is C28H29N3O4S. The molecule has 36 heavy (non-hydrogen) atoms. The summed E-state index contributed by atoms with van der Waals surface area (Å²) in [5.74, 6) is -1.21. The Bertz CT molecular complexity index is 1260. The van der Waals surface area contributed by atoms with Crippen LogP contribution in [-0.2, 0) is 33.8 Å². The Morgan fingerprint density at radius 1 is 1.08 bits per heavy atom. The summed E-state index contributed by atoms with van der Waals surface area (Å²) in [7, 11) is 0. The monoisotopic (exact) mass is 503 g/mol. The van der Waals surface area contributed by atoms with Gasteiger partial charge in [0.05, 0.1) is 18.1 Å². The lowest BCUT2D eigenvalue weighted by Gasteiger charge is -2.27. The number of hydrogen-bond donors (Lipinski definition) is 1. The maximum Gasteiger partial charge on any atom is 0.341 e. The number of nitrogens with one attached hydrogen (secondary N) is 1. The average Bonchev–Trinajstić information content (AvgIpc) is 3.45. The second kappa shape index (κ2) is 10.6. The molecule has 3 heterocycles. The van der Waals surface area contributed by atoms with Crippen LogP contribution in [0.3, 0.4) is 0 Å². The Morgan fingerprint density at radius 2 is 1.81 bits per heavy atom. The molecule has 0 bridgehead atoms. The van der Waals surface area contributed by atoms with Crippen LogP contribution in [0.15, 0.2) is 60.7 Å². The molecule has 1 aromatic heterocycles. The van der Waals surface area contributed by atoms with Crippen LogP contribution in [0.5, 0.6) is 0 Å². The summed E-state index contributed by atoms with van der Waals surface area (Å²) >= 11 is 1.44. The van der Waals surface area contributed by atoms with Crippen molar-refractivity contribution in [1.29, 1.82) is 0 Å². The topological polar surface area (TPSA) is 78.9 Å². The molecule has 0 saturated carbocycles. The zero-order valence-electron chi connectivity index (χ0n) is 20.2. The molecular weight excluding hydrogens is 474 g/mol. The van der Waals surface area contributed by atoms with Gasteiger partial charge in [-0.1, -0.05) is 48.5 Å². The summed E-state index contributed by atoms with van der Waals surface area (Å²) in [5.41, 5.74) is 3.46. The predicted octanol–water partition coefficient (Wildman–Crippen LogP) is 4.47. The number of ether oxygens (including phenoxy) is 1. The molecule has 2 aliphatic heterocycles. The Kier molecular flexibility index (Phi) is 7.16. The highest BCUT2D eigenvalue weighted by molar-refractivity contribution is 7.17. The lowest BCUT2D eigenvalue weighted by atomic mass is 10.0. The van der Waals surface area contributed by atoms with E-state index in [1.54, 1.807) is 11.8 Å². The van der Waals surface area contributed by atoms with Gasteiger partial charge in [0.15, 0.2) is 0 Å². The largest absolute Gasteiger partial charge is 0.462 e. The van der Waals surface area contributed by atoms with Crippen LogP contribution in [0.1, 0.15) is 39.7 Å². The standard InChI is InChI=1S/C28H29N3O4S/c1-2-35-28(34)25-22-13-14-30(16-19-9-5-3-6-10-19)18-23(22)36-27(25)29-26(33)20-15-24(32)31(17-20)21-11-7-4-8-12-21/h3-12,20H,2,13-18H2,1H3,(H,29,33). The summed E-state index contributed by atoms with van der Waals surface area (Å²) in [4.78, 5) is 43.9. The quantitative estimate of drug-likeness (QED) is 0.481. The zero-order valence-corrected chi connectivity index (χ0v) is 21.1. The van der Waals surface area contributed by atoms with Crippen molar-refractivity contribution in [2.24, 2.45) is 5.92 Å². The van der Waals surface area contributed by atoms with Gasteiger partial charge in [-0.05, 0) is 36.6 Å². The van der Waals surface area contributed by atoms with Crippen molar-refractivity contribution in [2.75, 3.05) is 29.9 Å². The van der Waals surface area contributed by atoms with E-state index in [9.17, 15) is 14.4 Å². The maximum absolute atomic E-state index is 13.2. The van der Waals surface area contributed by atoms with Crippen LogP contribution < -0.4 is 10.2 Å². The molecule has 1 N–H and O–H groups in total. The minimum Gasteiger partial charge on any atom is -0.462 e. The number of esters is 1. The first-order valence-electron chi connectivity index (χ1n) is 12.3. The first kappa shape index (κ1) is 24.2. The number of anilines is 2. The predicted molar refractivity (Wildman–Crippen MR) is 140 cm³/mol. The number of amides is 2. The molecule has 0 radical (unpaired) electrons. The summed E-state index contributed by atoms with van der Waals surface area (Å²) in [6.07, 6.45) is 0.859. The molecule has 2 aromatic carbocycles. The highest BCUT2D eigenvalue weighted by Crippen LogP contribution is 2.38. The average molecular weight is 504 g/mol. The smallest absolute Gasteiger partial charge is 0.341 e. The van der Waals surface area contributed by atoms with E-state index in [-0.39, 0.29) is 24.8 Å². The van der Waals surface area contributed by atoms with Gasteiger partial charge in [-0.2, -0.15) is 0 Å². The SMILES string of the molecule is CCOC(=O)c1c(NC(=O)C2CC(=O)N(c3ccccc3)C2)sc2c1CCN(Cc1ccccc1)C2. The van der Waals surface area contributed by atoms with E-state index in [1.165, 1.54) is 16.9 Å². The zero-order chi connectivity index (χ0) is 25.1. The summed E-state index contributed by atoms with van der Waals surface area (Å²) in [6.45, 7) is 4.72. The van der Waals surface area contributed by atoms with Gasteiger partial charge in [-0.3, -0.25) is 14.5 Å². The minimum atomic E-state index is -0.485. The second-order valence-corrected chi connectivity index (χ2v) is 10.2. The molecule has 7 nitrogen and oxygen atoms in total. The molecule has 1 fully saturated rings. The Balaban J connectivity index is 1.34. The summed E-state index contributed by atoms with van der Waals surface area (Å²) in [6, 6.07) is 19.7. The molecule has 2 amide bonds. The van der Waals surface area contributed by atoms with Gasteiger partial charge < -0.3 is 15.0 Å². The van der Waals surface area contributed by atoms with Crippen molar-refractivity contribution in [2.45, 2.75) is 32.9 Å². The molecule has 1 unspecified atom stereocenters. The molecule has 2 aliphatic rings. The van der Waals surface area contributed by atoms with E-state index in [1.807, 2.05) is 48.5 Å². The van der Waals surface area contributed by atoms with Crippen LogP contribution in [0.2, 0.25) is 0 Å². The van der Waals surface area contributed by atoms with Crippen molar-refractivity contribution in [3.8, 4) is 0 Å². The maximum atomic E-state index is 13.2. The van der Waals surface area contributed by atoms with Gasteiger partial charge in [-0.25, -0.2) is 4.79 Å². The first-order chi connectivity index (χ1) is 17.5. The summed E-state index contributed by atoms with van der Waals surface area (Å²) < 4.78 is 5.36. The molecule has 3 aromatic rings. The second-order valence-electron chi connectivity index (χ2n) is 9.10. The fraction of sp³-hybridized carbons (Fsp3) is 0.321. The Labute approximate surface area is 214 Å². The van der Waals surface area contributed by atoms with Gasteiger partial charge in [0.25, 0.3) is 0 Å². The Morgan fingerprint density at radius 3 is 2.53 bits per heavy atom. The molecule has 186 valence electrons. The van der Waals surface area contributed by atoms with Gasteiger partial charge >= 0.3 is 5.97 Å². The van der Waals surface area contributed by atoms with E-state index in [2.05, 4.69) is 22.3 Å². The number of nitrogens with zero attached hydrogens (tertiary/aromatic N) is 2. The van der Waals surface area contributed by atoms with E-state index < -0.39 is 11.9 Å². The molecule has 8 heteroatoms. The number of thiophene rings is 1. The van der Waals surface area contributed by atoms with Crippen LogP contribution >= 0.6 is 11.3 Å². The third-order valence-electron chi connectivity index (χ3n) is 6.66. The number of benzene rings is 2. The number of para-hydroxylation sites is 1. The molecule has 0 spiro atoms. The number of carbonyl (C=O) groups excluding carboxylic acids is 3. The van der Waals surface area contributed by atoms with Gasteiger partial charge in [0, 0.05) is 43.2 Å². The van der Waals surface area contributed by atoms with Crippen molar-refractivity contribution in [3.63, 3.8) is 0 Å². The highest BCUT2D eigenvalue weighted by atomic mass is 32.1. The van der Waals surface area contributed by atoms with Crippen molar-refractivity contribution in [1.82, 2.24) is 4.90 Å². The molecule has 5 rings (SSSR count). The number of carbonyl (C=O) groups is 3. The minimum absolute atomic E-state index is 0.0750. The van der Waals surface area contributed by atoms with Gasteiger partial charge in [0.1, 0.15) is 5.00 Å².